The molecular formula is C23H25N3O3. The molecule has 1 fully saturated rings. The number of aromatic nitrogens is 1. The summed E-state index contributed by atoms with van der Waals surface area (Å²) in [6, 6.07) is 17.2. The molecule has 1 aromatic heterocycles. The van der Waals surface area contributed by atoms with Gasteiger partial charge in [-0.25, -0.2) is 4.98 Å². The lowest BCUT2D eigenvalue weighted by atomic mass is 10.1. The van der Waals surface area contributed by atoms with Crippen LogP contribution in [0.1, 0.15) is 19.3 Å². The summed E-state index contributed by atoms with van der Waals surface area (Å²) in [6.45, 7) is 1.96. The van der Waals surface area contributed by atoms with Gasteiger partial charge in [-0.05, 0) is 49.6 Å². The highest BCUT2D eigenvalue weighted by Crippen LogP contribution is 2.28. The fraction of sp³-hybridized carbons (Fsp3) is 0.304. The zero-order chi connectivity index (χ0) is 20.1. The van der Waals surface area contributed by atoms with Gasteiger partial charge in [-0.1, -0.05) is 24.3 Å². The quantitative estimate of drug-likeness (QED) is 0.681. The van der Waals surface area contributed by atoms with Crippen molar-refractivity contribution in [3.63, 3.8) is 0 Å². The van der Waals surface area contributed by atoms with Crippen molar-refractivity contribution < 1.29 is 14.3 Å². The number of hydrogen-bond donors (Lipinski definition) is 1. The number of amides is 1. The Hall–Kier alpha value is -3.28. The minimum Gasteiger partial charge on any atom is -0.495 e. The third-order valence-corrected chi connectivity index (χ3v) is 5.09. The van der Waals surface area contributed by atoms with E-state index in [9.17, 15) is 4.79 Å². The lowest BCUT2D eigenvalue weighted by molar-refractivity contribution is -0.118. The van der Waals surface area contributed by atoms with Crippen molar-refractivity contribution in [1.82, 2.24) is 4.98 Å². The van der Waals surface area contributed by atoms with Crippen molar-refractivity contribution in [2.24, 2.45) is 0 Å². The summed E-state index contributed by atoms with van der Waals surface area (Å²) in [6.07, 6.45) is 3.67. The number of pyridine rings is 1. The second-order valence-electron chi connectivity index (χ2n) is 7.08. The molecule has 1 saturated heterocycles. The summed E-state index contributed by atoms with van der Waals surface area (Å²) in [5.41, 5.74) is 1.40. The van der Waals surface area contributed by atoms with Gasteiger partial charge in [-0.2, -0.15) is 0 Å². The first kappa shape index (κ1) is 19.1. The predicted octanol–water partition coefficient (Wildman–Crippen LogP) is 4.25. The second kappa shape index (κ2) is 8.82. The monoisotopic (exact) mass is 391 g/mol. The summed E-state index contributed by atoms with van der Waals surface area (Å²) in [7, 11) is 1.57. The van der Waals surface area contributed by atoms with Gasteiger partial charge < -0.3 is 19.7 Å². The highest BCUT2D eigenvalue weighted by Gasteiger charge is 2.14. The van der Waals surface area contributed by atoms with Crippen LogP contribution in [0.2, 0.25) is 0 Å². The Bertz CT molecular complexity index is 1000. The second-order valence-corrected chi connectivity index (χ2v) is 7.08. The molecule has 0 bridgehead atoms. The Morgan fingerprint density at radius 3 is 2.62 bits per heavy atom. The molecule has 6 heteroatoms. The lowest BCUT2D eigenvalue weighted by Gasteiger charge is -2.28. The number of anilines is 2. The van der Waals surface area contributed by atoms with Crippen molar-refractivity contribution in [2.75, 3.05) is 37.0 Å². The molecule has 1 amide bonds. The number of methoxy groups -OCH3 is 1. The molecule has 0 atom stereocenters. The van der Waals surface area contributed by atoms with Gasteiger partial charge in [-0.15, -0.1) is 0 Å². The summed E-state index contributed by atoms with van der Waals surface area (Å²) < 4.78 is 11.1. The molecule has 2 aromatic carbocycles. The topological polar surface area (TPSA) is 63.7 Å². The Morgan fingerprint density at radius 2 is 1.79 bits per heavy atom. The average molecular weight is 391 g/mol. The summed E-state index contributed by atoms with van der Waals surface area (Å²) in [5, 5.41) is 3.82. The van der Waals surface area contributed by atoms with E-state index in [1.165, 1.54) is 19.3 Å². The number of hydrogen-bond acceptors (Lipinski definition) is 5. The van der Waals surface area contributed by atoms with E-state index in [0.29, 0.717) is 17.2 Å². The van der Waals surface area contributed by atoms with Crippen LogP contribution < -0.4 is 19.7 Å². The van der Waals surface area contributed by atoms with Crippen LogP contribution in [0, 0.1) is 0 Å². The highest BCUT2D eigenvalue weighted by molar-refractivity contribution is 5.94. The molecule has 6 nitrogen and oxygen atoms in total. The van der Waals surface area contributed by atoms with E-state index in [2.05, 4.69) is 22.3 Å². The Morgan fingerprint density at radius 1 is 1.00 bits per heavy atom. The number of ether oxygens (including phenoxy) is 2. The van der Waals surface area contributed by atoms with E-state index in [4.69, 9.17) is 14.5 Å². The minimum atomic E-state index is -0.251. The van der Waals surface area contributed by atoms with Crippen molar-refractivity contribution in [2.45, 2.75) is 19.3 Å². The number of carbonyl (C=O) groups is 1. The molecule has 1 aliphatic rings. The molecular weight excluding hydrogens is 366 g/mol. The maximum atomic E-state index is 12.4. The van der Waals surface area contributed by atoms with Crippen LogP contribution in [-0.2, 0) is 4.79 Å². The van der Waals surface area contributed by atoms with Crippen LogP contribution in [0.25, 0.3) is 10.9 Å². The number of piperidine rings is 1. The third kappa shape index (κ3) is 4.42. The molecule has 29 heavy (non-hydrogen) atoms. The number of para-hydroxylation sites is 3. The Balaban J connectivity index is 1.49. The van der Waals surface area contributed by atoms with Crippen molar-refractivity contribution in [3.05, 3.63) is 54.6 Å². The first-order chi connectivity index (χ1) is 14.2. The van der Waals surface area contributed by atoms with Crippen LogP contribution >= 0.6 is 0 Å². The molecule has 0 spiro atoms. The number of nitrogens with one attached hydrogen (secondary N) is 1. The molecule has 1 N–H and O–H groups in total. The van der Waals surface area contributed by atoms with Crippen molar-refractivity contribution in [3.8, 4) is 11.5 Å². The number of rotatable bonds is 6. The van der Waals surface area contributed by atoms with Crippen LogP contribution in [-0.4, -0.2) is 37.7 Å². The molecule has 2 heterocycles. The first-order valence-corrected chi connectivity index (χ1v) is 9.95. The van der Waals surface area contributed by atoms with Gasteiger partial charge in [0.2, 0.25) is 0 Å². The largest absolute Gasteiger partial charge is 0.495 e. The molecule has 3 aromatic rings. The SMILES string of the molecule is COc1ccccc1NC(=O)COc1cccc2ccc(N3CCCCC3)nc12. The van der Waals surface area contributed by atoms with Gasteiger partial charge in [0.1, 0.15) is 22.8 Å². The Labute approximate surface area is 170 Å². The Kier molecular flexibility index (Phi) is 5.79. The predicted molar refractivity (Wildman–Crippen MR) is 115 cm³/mol. The van der Waals surface area contributed by atoms with E-state index in [1.54, 1.807) is 19.2 Å². The summed E-state index contributed by atoms with van der Waals surface area (Å²) >= 11 is 0. The van der Waals surface area contributed by atoms with E-state index in [1.807, 2.05) is 30.3 Å². The first-order valence-electron chi connectivity index (χ1n) is 9.95. The molecule has 0 aliphatic carbocycles. The van der Waals surface area contributed by atoms with Gasteiger partial charge in [0.25, 0.3) is 5.91 Å². The maximum Gasteiger partial charge on any atom is 0.262 e. The zero-order valence-electron chi connectivity index (χ0n) is 16.6. The van der Waals surface area contributed by atoms with Crippen LogP contribution in [0.4, 0.5) is 11.5 Å². The molecule has 0 saturated carbocycles. The molecule has 150 valence electrons. The minimum absolute atomic E-state index is 0.104. The molecule has 0 radical (unpaired) electrons. The molecule has 4 rings (SSSR count). The number of benzene rings is 2. The normalized spacial score (nSPS) is 13.9. The smallest absolute Gasteiger partial charge is 0.262 e. The van der Waals surface area contributed by atoms with Gasteiger partial charge >= 0.3 is 0 Å². The van der Waals surface area contributed by atoms with Crippen LogP contribution in [0.5, 0.6) is 11.5 Å². The van der Waals surface area contributed by atoms with E-state index >= 15 is 0 Å². The maximum absolute atomic E-state index is 12.4. The standard InChI is InChI=1S/C23H25N3O3/c1-28-19-10-4-3-9-18(19)24-22(27)16-29-20-11-7-8-17-12-13-21(25-23(17)20)26-14-5-2-6-15-26/h3-4,7-13H,2,5-6,14-16H2,1H3,(H,24,27). The average Bonchev–Trinajstić information content (AvgIpc) is 2.78. The third-order valence-electron chi connectivity index (χ3n) is 5.09. The van der Waals surface area contributed by atoms with Crippen molar-refractivity contribution >= 4 is 28.3 Å². The van der Waals surface area contributed by atoms with Gasteiger partial charge in [0.15, 0.2) is 6.61 Å². The summed E-state index contributed by atoms with van der Waals surface area (Å²) in [5.74, 6) is 1.93. The van der Waals surface area contributed by atoms with E-state index in [0.717, 1.165) is 29.8 Å². The number of nitrogens with zero attached hydrogens (tertiary/aromatic N) is 2. The van der Waals surface area contributed by atoms with Crippen LogP contribution in [0.15, 0.2) is 54.6 Å². The zero-order valence-corrected chi connectivity index (χ0v) is 16.6. The fourth-order valence-electron chi connectivity index (χ4n) is 3.60. The summed E-state index contributed by atoms with van der Waals surface area (Å²) in [4.78, 5) is 19.5. The van der Waals surface area contributed by atoms with Gasteiger partial charge in [-0.3, -0.25) is 4.79 Å². The van der Waals surface area contributed by atoms with E-state index in [-0.39, 0.29) is 12.5 Å². The molecule has 0 unspecified atom stereocenters. The highest BCUT2D eigenvalue weighted by atomic mass is 16.5. The van der Waals surface area contributed by atoms with E-state index < -0.39 is 0 Å². The number of fused-ring (bicyclic) bond motifs is 1. The number of carbonyl (C=O) groups excluding carboxylic acids is 1. The van der Waals surface area contributed by atoms with Crippen molar-refractivity contribution in [1.29, 1.82) is 0 Å². The fourth-order valence-corrected chi connectivity index (χ4v) is 3.60. The lowest BCUT2D eigenvalue weighted by Crippen LogP contribution is -2.30. The van der Waals surface area contributed by atoms with Gasteiger partial charge in [0, 0.05) is 18.5 Å². The molecule has 1 aliphatic heterocycles. The van der Waals surface area contributed by atoms with Crippen LogP contribution in [0.3, 0.4) is 0 Å². The van der Waals surface area contributed by atoms with Gasteiger partial charge in [0.05, 0.1) is 12.8 Å².